The average Bonchev–Trinajstić information content (AvgIpc) is 2.34. The highest BCUT2D eigenvalue weighted by atomic mass is 19.4. The Labute approximate surface area is 119 Å². The number of non-ortho nitro benzene ring substituents is 1. The van der Waals surface area contributed by atoms with Crippen molar-refractivity contribution in [1.82, 2.24) is 5.32 Å². The van der Waals surface area contributed by atoms with E-state index >= 15 is 0 Å². The van der Waals surface area contributed by atoms with Crippen molar-refractivity contribution in [2.45, 2.75) is 32.6 Å². The second-order valence-electron chi connectivity index (χ2n) is 4.64. The fourth-order valence-corrected chi connectivity index (χ4v) is 1.55. The zero-order chi connectivity index (χ0) is 16.2. The molecule has 0 spiro atoms. The van der Waals surface area contributed by atoms with Crippen LogP contribution in [0.15, 0.2) is 23.2 Å². The molecule has 3 N–H and O–H groups in total. The van der Waals surface area contributed by atoms with Crippen LogP contribution in [0.4, 0.5) is 18.9 Å². The molecule has 0 saturated heterocycles. The lowest BCUT2D eigenvalue weighted by Gasteiger charge is -2.10. The maximum Gasteiger partial charge on any atom is 0.416 e. The number of hydrogen-bond donors (Lipinski definition) is 2. The third-order valence-corrected chi connectivity index (χ3v) is 2.38. The molecule has 1 aromatic carbocycles. The van der Waals surface area contributed by atoms with Crippen molar-refractivity contribution in [3.05, 3.63) is 39.4 Å². The van der Waals surface area contributed by atoms with E-state index in [2.05, 4.69) is 10.3 Å². The SMILES string of the molecule is CC(C)NC(N)=NCc1cc([N+](=O)[O-])cc(C(F)(F)F)c1. The van der Waals surface area contributed by atoms with Gasteiger partial charge in [0.05, 0.1) is 17.0 Å². The fourth-order valence-electron chi connectivity index (χ4n) is 1.55. The second-order valence-corrected chi connectivity index (χ2v) is 4.64. The molecule has 0 unspecified atom stereocenters. The molecule has 21 heavy (non-hydrogen) atoms. The molecule has 0 saturated carbocycles. The first-order chi connectivity index (χ1) is 9.59. The van der Waals surface area contributed by atoms with Crippen LogP contribution in [0.3, 0.4) is 0 Å². The average molecular weight is 304 g/mol. The number of nitrogens with two attached hydrogens (primary N) is 1. The van der Waals surface area contributed by atoms with Gasteiger partial charge in [-0.15, -0.1) is 0 Å². The van der Waals surface area contributed by atoms with Crippen molar-refractivity contribution >= 4 is 11.6 Å². The first-order valence-corrected chi connectivity index (χ1v) is 6.01. The standard InChI is InChI=1S/C12H15F3N4O2/c1-7(2)18-11(16)17-6-8-3-9(12(13,14)15)5-10(4-8)19(20)21/h3-5,7H,6H2,1-2H3,(H3,16,17,18). The summed E-state index contributed by atoms with van der Waals surface area (Å²) < 4.78 is 38.1. The number of alkyl halides is 3. The third kappa shape index (κ3) is 5.28. The lowest BCUT2D eigenvalue weighted by molar-refractivity contribution is -0.385. The first-order valence-electron chi connectivity index (χ1n) is 6.01. The Morgan fingerprint density at radius 1 is 1.43 bits per heavy atom. The molecule has 0 atom stereocenters. The normalized spacial score (nSPS) is 12.6. The maximum absolute atomic E-state index is 12.7. The molecule has 1 rings (SSSR count). The van der Waals surface area contributed by atoms with Gasteiger partial charge in [0.15, 0.2) is 5.96 Å². The predicted molar refractivity (Wildman–Crippen MR) is 71.7 cm³/mol. The minimum absolute atomic E-state index is 0.0181. The largest absolute Gasteiger partial charge is 0.416 e. The van der Waals surface area contributed by atoms with Gasteiger partial charge in [-0.1, -0.05) is 0 Å². The molecule has 1 aromatic rings. The molecule has 0 heterocycles. The van der Waals surface area contributed by atoms with Crippen molar-refractivity contribution in [3.8, 4) is 0 Å². The Bertz CT molecular complexity index is 556. The van der Waals surface area contributed by atoms with Crippen LogP contribution >= 0.6 is 0 Å². The fraction of sp³-hybridized carbons (Fsp3) is 0.417. The summed E-state index contributed by atoms with van der Waals surface area (Å²) in [6.45, 7) is 3.45. The van der Waals surface area contributed by atoms with Gasteiger partial charge < -0.3 is 11.1 Å². The number of halogens is 3. The number of aliphatic imine (C=N–C) groups is 1. The number of nitro benzene ring substituents is 1. The monoisotopic (exact) mass is 304 g/mol. The minimum Gasteiger partial charge on any atom is -0.370 e. The van der Waals surface area contributed by atoms with Crippen molar-refractivity contribution in [3.63, 3.8) is 0 Å². The summed E-state index contributed by atoms with van der Waals surface area (Å²) in [7, 11) is 0. The molecule has 9 heteroatoms. The quantitative estimate of drug-likeness (QED) is 0.386. The summed E-state index contributed by atoms with van der Waals surface area (Å²) in [6.07, 6.45) is -4.66. The highest BCUT2D eigenvalue weighted by molar-refractivity contribution is 5.78. The number of hydrogen-bond acceptors (Lipinski definition) is 3. The maximum atomic E-state index is 12.7. The molecule has 0 aliphatic rings. The van der Waals surface area contributed by atoms with E-state index in [9.17, 15) is 23.3 Å². The van der Waals surface area contributed by atoms with E-state index in [1.165, 1.54) is 0 Å². The Kier molecular flexibility index (Phi) is 5.12. The van der Waals surface area contributed by atoms with E-state index in [0.717, 1.165) is 12.1 Å². The number of nitro groups is 1. The molecule has 0 aliphatic carbocycles. The van der Waals surface area contributed by atoms with Gasteiger partial charge in [-0.3, -0.25) is 10.1 Å². The highest BCUT2D eigenvalue weighted by Crippen LogP contribution is 2.32. The van der Waals surface area contributed by atoms with E-state index in [4.69, 9.17) is 5.73 Å². The molecule has 0 amide bonds. The molecule has 0 aromatic heterocycles. The van der Waals surface area contributed by atoms with Crippen LogP contribution in [0.25, 0.3) is 0 Å². The number of nitrogens with zero attached hydrogens (tertiary/aromatic N) is 2. The van der Waals surface area contributed by atoms with Crippen molar-refractivity contribution in [2.75, 3.05) is 0 Å². The van der Waals surface area contributed by atoms with E-state index in [0.29, 0.717) is 6.07 Å². The summed E-state index contributed by atoms with van der Waals surface area (Å²) in [4.78, 5) is 13.7. The van der Waals surface area contributed by atoms with Crippen LogP contribution in [0.2, 0.25) is 0 Å². The lowest BCUT2D eigenvalue weighted by Crippen LogP contribution is -2.36. The predicted octanol–water partition coefficient (Wildman–Crippen LogP) is 2.43. The molecule has 116 valence electrons. The summed E-state index contributed by atoms with van der Waals surface area (Å²) in [5, 5.41) is 13.4. The van der Waals surface area contributed by atoms with E-state index < -0.39 is 22.4 Å². The number of nitrogens with one attached hydrogen (secondary N) is 1. The van der Waals surface area contributed by atoms with Gasteiger partial charge in [-0.05, 0) is 25.5 Å². The first kappa shape index (κ1) is 16.7. The molecule has 0 bridgehead atoms. The summed E-state index contributed by atoms with van der Waals surface area (Å²) in [5.41, 5.74) is 3.87. The molecule has 0 fully saturated rings. The highest BCUT2D eigenvalue weighted by Gasteiger charge is 2.32. The van der Waals surface area contributed by atoms with Crippen molar-refractivity contribution in [2.24, 2.45) is 10.7 Å². The molecule has 6 nitrogen and oxygen atoms in total. The minimum atomic E-state index is -4.66. The number of guanidine groups is 1. The van der Waals surface area contributed by atoms with Gasteiger partial charge in [-0.25, -0.2) is 4.99 Å². The smallest absolute Gasteiger partial charge is 0.370 e. The van der Waals surface area contributed by atoms with Crippen LogP contribution in [-0.4, -0.2) is 16.9 Å². The lowest BCUT2D eigenvalue weighted by atomic mass is 10.1. The van der Waals surface area contributed by atoms with Gasteiger partial charge in [0, 0.05) is 18.2 Å². The zero-order valence-electron chi connectivity index (χ0n) is 11.4. The zero-order valence-corrected chi connectivity index (χ0v) is 11.4. The Hall–Kier alpha value is -2.32. The third-order valence-electron chi connectivity index (χ3n) is 2.38. The molecule has 0 radical (unpaired) electrons. The van der Waals surface area contributed by atoms with E-state index in [1.807, 2.05) is 13.8 Å². The van der Waals surface area contributed by atoms with Gasteiger partial charge in [0.2, 0.25) is 0 Å². The Balaban J connectivity index is 3.07. The number of rotatable bonds is 4. The molecular formula is C12H15F3N4O2. The van der Waals surface area contributed by atoms with Crippen molar-refractivity contribution < 1.29 is 18.1 Å². The van der Waals surface area contributed by atoms with Crippen LogP contribution in [0.1, 0.15) is 25.0 Å². The van der Waals surface area contributed by atoms with Gasteiger partial charge >= 0.3 is 6.18 Å². The van der Waals surface area contributed by atoms with Crippen LogP contribution in [0, 0.1) is 10.1 Å². The topological polar surface area (TPSA) is 93.5 Å². The van der Waals surface area contributed by atoms with Gasteiger partial charge in [-0.2, -0.15) is 13.2 Å². The van der Waals surface area contributed by atoms with Crippen molar-refractivity contribution in [1.29, 1.82) is 0 Å². The summed E-state index contributed by atoms with van der Waals surface area (Å²) in [5.74, 6) is 0.0602. The Morgan fingerprint density at radius 3 is 2.52 bits per heavy atom. The van der Waals surface area contributed by atoms with Crippen LogP contribution in [0.5, 0.6) is 0 Å². The van der Waals surface area contributed by atoms with E-state index in [-0.39, 0.29) is 24.1 Å². The van der Waals surface area contributed by atoms with Gasteiger partial charge in [0.1, 0.15) is 0 Å². The van der Waals surface area contributed by atoms with E-state index in [1.54, 1.807) is 0 Å². The number of benzene rings is 1. The Morgan fingerprint density at radius 2 is 2.05 bits per heavy atom. The van der Waals surface area contributed by atoms with Gasteiger partial charge in [0.25, 0.3) is 5.69 Å². The molecular weight excluding hydrogens is 289 g/mol. The van der Waals surface area contributed by atoms with Crippen LogP contribution in [-0.2, 0) is 12.7 Å². The summed E-state index contributed by atoms with van der Waals surface area (Å²) in [6, 6.07) is 2.37. The van der Waals surface area contributed by atoms with Crippen LogP contribution < -0.4 is 11.1 Å². The second kappa shape index (κ2) is 6.42. The molecule has 0 aliphatic heterocycles. The summed E-state index contributed by atoms with van der Waals surface area (Å²) >= 11 is 0.